The third-order valence-electron chi connectivity index (χ3n) is 5.08. The largest absolute Gasteiger partial charge is 0.359 e. The van der Waals surface area contributed by atoms with Gasteiger partial charge in [0.25, 0.3) is 0 Å². The average Bonchev–Trinajstić information content (AvgIpc) is 3.30. The van der Waals surface area contributed by atoms with Gasteiger partial charge in [-0.05, 0) is 12.1 Å². The molecule has 0 bridgehead atoms. The van der Waals surface area contributed by atoms with Gasteiger partial charge in [-0.15, -0.1) is 0 Å². The molecule has 1 aliphatic heterocycles. The smallest absolute Gasteiger partial charge is 0.222 e. The zero-order valence-corrected chi connectivity index (χ0v) is 16.1. The number of pyridine rings is 1. The highest BCUT2D eigenvalue weighted by Crippen LogP contribution is 2.35. The Morgan fingerprint density at radius 2 is 2.26 bits per heavy atom. The van der Waals surface area contributed by atoms with Crippen LogP contribution < -0.4 is 5.32 Å². The van der Waals surface area contributed by atoms with E-state index in [9.17, 15) is 9.00 Å². The Hall–Kier alpha value is -2.52. The molecule has 4 heterocycles. The van der Waals surface area contributed by atoms with Crippen LogP contribution in [-0.2, 0) is 21.3 Å². The number of aromatic nitrogens is 4. The van der Waals surface area contributed by atoms with E-state index in [2.05, 4.69) is 20.4 Å². The molecule has 3 aromatic heterocycles. The molecule has 3 aromatic rings. The number of hydrogen-bond donors (Lipinski definition) is 2. The fraction of sp³-hybridized carbons (Fsp3) is 0.389. The fourth-order valence-electron chi connectivity index (χ4n) is 3.58. The van der Waals surface area contributed by atoms with Crippen LogP contribution in [0.2, 0.25) is 0 Å². The van der Waals surface area contributed by atoms with Gasteiger partial charge in [0.05, 0.1) is 29.1 Å². The van der Waals surface area contributed by atoms with E-state index in [4.69, 9.17) is 0 Å². The second-order valence-corrected chi connectivity index (χ2v) is 8.49. The van der Waals surface area contributed by atoms with E-state index in [1.54, 1.807) is 19.4 Å². The maximum Gasteiger partial charge on any atom is 0.222 e. The molecule has 27 heavy (non-hydrogen) atoms. The van der Waals surface area contributed by atoms with E-state index in [0.717, 1.165) is 22.2 Å². The molecule has 2 N–H and O–H groups in total. The summed E-state index contributed by atoms with van der Waals surface area (Å²) < 4.78 is 15.8. The molecule has 0 aliphatic carbocycles. The molecule has 1 aliphatic rings. The first-order valence-electron chi connectivity index (χ1n) is 8.88. The Morgan fingerprint density at radius 3 is 3.00 bits per heavy atom. The lowest BCUT2D eigenvalue weighted by Gasteiger charge is -2.48. The number of carbonyl (C=O) groups excluding carboxylic acids is 1. The number of rotatable bonds is 6. The van der Waals surface area contributed by atoms with Gasteiger partial charge in [0.2, 0.25) is 5.91 Å². The highest BCUT2D eigenvalue weighted by atomic mass is 32.2. The molecule has 0 spiro atoms. The van der Waals surface area contributed by atoms with Gasteiger partial charge in [-0.25, -0.2) is 13.5 Å². The molecule has 1 amide bonds. The molecular weight excluding hydrogens is 364 g/mol. The number of amides is 1. The lowest BCUT2D eigenvalue weighted by molar-refractivity contribution is -0.124. The van der Waals surface area contributed by atoms with Gasteiger partial charge in [0.15, 0.2) is 0 Å². The summed E-state index contributed by atoms with van der Waals surface area (Å²) in [5.41, 5.74) is 2.33. The van der Waals surface area contributed by atoms with Crippen LogP contribution in [0, 0.1) is 0 Å². The molecule has 0 radical (unpaired) electrons. The molecule has 142 valence electrons. The number of fused-ring (bicyclic) bond motifs is 1. The van der Waals surface area contributed by atoms with E-state index in [1.165, 1.54) is 0 Å². The summed E-state index contributed by atoms with van der Waals surface area (Å²) in [7, 11) is 0.613. The van der Waals surface area contributed by atoms with E-state index < -0.39 is 16.5 Å². The van der Waals surface area contributed by atoms with Crippen molar-refractivity contribution in [3.05, 3.63) is 36.9 Å². The highest BCUT2D eigenvalue weighted by Gasteiger charge is 2.48. The molecule has 4 rings (SSSR count). The number of aromatic amines is 1. The Morgan fingerprint density at radius 1 is 1.44 bits per heavy atom. The van der Waals surface area contributed by atoms with Crippen LogP contribution in [-0.4, -0.2) is 60.1 Å². The number of H-pyrrole nitrogens is 1. The van der Waals surface area contributed by atoms with Gasteiger partial charge in [0, 0.05) is 61.0 Å². The van der Waals surface area contributed by atoms with Crippen LogP contribution in [0.4, 0.5) is 0 Å². The van der Waals surface area contributed by atoms with E-state index in [1.807, 2.05) is 40.4 Å². The predicted molar refractivity (Wildman–Crippen MR) is 104 cm³/mol. The lowest BCUT2D eigenvalue weighted by atomic mass is 9.88. The Labute approximate surface area is 159 Å². The van der Waals surface area contributed by atoms with Crippen LogP contribution in [0.3, 0.4) is 0 Å². The van der Waals surface area contributed by atoms with Crippen LogP contribution in [0.5, 0.6) is 0 Å². The summed E-state index contributed by atoms with van der Waals surface area (Å²) in [5, 5.41) is 8.27. The normalized spacial score (nSPS) is 17.6. The van der Waals surface area contributed by atoms with Crippen molar-refractivity contribution in [2.24, 2.45) is 0 Å². The topological polar surface area (TPSA) is 95.9 Å². The number of hydrogen-bond acceptors (Lipinski definition) is 4. The summed E-state index contributed by atoms with van der Waals surface area (Å²) >= 11 is 0. The van der Waals surface area contributed by atoms with E-state index in [-0.39, 0.29) is 5.91 Å². The van der Waals surface area contributed by atoms with Crippen LogP contribution in [0.25, 0.3) is 22.2 Å². The van der Waals surface area contributed by atoms with Gasteiger partial charge in [0.1, 0.15) is 5.65 Å². The summed E-state index contributed by atoms with van der Waals surface area (Å²) in [6.07, 6.45) is 7.74. The molecule has 0 saturated carbocycles. The quantitative estimate of drug-likeness (QED) is 0.667. The van der Waals surface area contributed by atoms with Crippen molar-refractivity contribution in [2.45, 2.75) is 18.9 Å². The minimum absolute atomic E-state index is 0.0507. The molecule has 1 saturated heterocycles. The van der Waals surface area contributed by atoms with Crippen molar-refractivity contribution in [1.82, 2.24) is 29.4 Å². The number of nitrogens with one attached hydrogen (secondary N) is 2. The van der Waals surface area contributed by atoms with Crippen LogP contribution in [0.1, 0.15) is 13.3 Å². The molecule has 9 heteroatoms. The van der Waals surface area contributed by atoms with Crippen molar-refractivity contribution in [3.8, 4) is 11.1 Å². The van der Waals surface area contributed by atoms with Crippen molar-refractivity contribution in [1.29, 1.82) is 0 Å². The highest BCUT2D eigenvalue weighted by molar-refractivity contribution is 7.82. The maximum absolute atomic E-state index is 12.1. The zero-order valence-electron chi connectivity index (χ0n) is 15.3. The monoisotopic (exact) mass is 386 g/mol. The van der Waals surface area contributed by atoms with Crippen molar-refractivity contribution in [3.63, 3.8) is 0 Å². The average molecular weight is 386 g/mol. The van der Waals surface area contributed by atoms with Gasteiger partial charge in [-0.2, -0.15) is 5.10 Å². The van der Waals surface area contributed by atoms with Gasteiger partial charge in [-0.3, -0.25) is 9.48 Å². The van der Waals surface area contributed by atoms with E-state index >= 15 is 0 Å². The minimum Gasteiger partial charge on any atom is -0.359 e. The number of nitrogens with zero attached hydrogens (tertiary/aromatic N) is 4. The third-order valence-corrected chi connectivity index (χ3v) is 6.40. The molecule has 8 nitrogen and oxygen atoms in total. The minimum atomic E-state index is -1.02. The van der Waals surface area contributed by atoms with Crippen molar-refractivity contribution in [2.75, 3.05) is 25.9 Å². The molecule has 1 atom stereocenters. The predicted octanol–water partition coefficient (Wildman–Crippen LogP) is 1.26. The second kappa shape index (κ2) is 6.90. The SMILES string of the molecule is CCS(=O)N1CC(CC(=O)NC)(n2cc(-c3c[nH]c4ncccc34)cn2)C1. The third kappa shape index (κ3) is 3.06. The van der Waals surface area contributed by atoms with Crippen LogP contribution in [0.15, 0.2) is 36.9 Å². The molecule has 1 fully saturated rings. The Balaban J connectivity index is 1.66. The summed E-state index contributed by atoms with van der Waals surface area (Å²) in [5.74, 6) is 0.522. The van der Waals surface area contributed by atoms with Crippen LogP contribution >= 0.6 is 0 Å². The van der Waals surface area contributed by atoms with Crippen molar-refractivity contribution >= 4 is 27.9 Å². The first kappa shape index (κ1) is 17.9. The summed E-state index contributed by atoms with van der Waals surface area (Å²) in [6, 6.07) is 3.92. The van der Waals surface area contributed by atoms with Gasteiger partial charge >= 0.3 is 0 Å². The van der Waals surface area contributed by atoms with E-state index in [0.29, 0.717) is 25.3 Å². The fourth-order valence-corrected chi connectivity index (χ4v) is 4.71. The summed E-state index contributed by atoms with van der Waals surface area (Å²) in [6.45, 7) is 2.97. The van der Waals surface area contributed by atoms with Gasteiger partial charge < -0.3 is 10.3 Å². The zero-order chi connectivity index (χ0) is 19.0. The first-order chi connectivity index (χ1) is 13.1. The maximum atomic E-state index is 12.1. The Bertz CT molecular complexity index is 1000. The number of carbonyl (C=O) groups is 1. The first-order valence-corrected chi connectivity index (χ1v) is 10.2. The lowest BCUT2D eigenvalue weighted by Crippen LogP contribution is -2.64. The molecule has 1 unspecified atom stereocenters. The Kier molecular flexibility index (Phi) is 4.56. The standard InChI is InChI=1S/C18H22N6O2S/c1-3-27(26)23-11-18(12-23,7-16(25)19-2)24-10-13(8-22-24)15-9-21-17-14(15)5-4-6-20-17/h4-6,8-10H,3,7,11-12H2,1-2H3,(H,19,25)(H,20,21). The molecule has 0 aromatic carbocycles. The molecular formula is C18H22N6O2S. The summed E-state index contributed by atoms with van der Waals surface area (Å²) in [4.78, 5) is 19.6. The second-order valence-electron chi connectivity index (χ2n) is 6.76. The van der Waals surface area contributed by atoms with Gasteiger partial charge in [-0.1, -0.05) is 6.92 Å². The van der Waals surface area contributed by atoms with Crippen molar-refractivity contribution < 1.29 is 9.00 Å².